The maximum Gasteiger partial charge on any atom is 0.341 e. The Morgan fingerprint density at radius 3 is 2.57 bits per heavy atom. The number of phenols is 3. The Balaban J connectivity index is 1.86. The van der Waals surface area contributed by atoms with Crippen LogP contribution in [0, 0.1) is 0 Å². The van der Waals surface area contributed by atoms with Crippen LogP contribution in [0.5, 0.6) is 28.7 Å². The molecule has 1 heterocycles. The second kappa shape index (κ2) is 8.42. The smallest absolute Gasteiger partial charge is 0.341 e. The van der Waals surface area contributed by atoms with E-state index < -0.39 is 23.4 Å². The van der Waals surface area contributed by atoms with Crippen LogP contribution in [0.3, 0.4) is 0 Å². The van der Waals surface area contributed by atoms with E-state index in [1.165, 1.54) is 25.3 Å². The summed E-state index contributed by atoms with van der Waals surface area (Å²) in [6, 6.07) is 3.69. The molecule has 158 valence electrons. The number of nitrogens with one attached hydrogen (secondary N) is 1. The van der Waals surface area contributed by atoms with Crippen molar-refractivity contribution in [2.75, 3.05) is 19.5 Å². The van der Waals surface area contributed by atoms with E-state index >= 15 is 0 Å². The zero-order chi connectivity index (χ0) is 22.0. The molecule has 4 N–H and O–H groups in total. The number of hydrogen-bond acceptors (Lipinski definition) is 8. The predicted octanol–water partition coefficient (Wildman–Crippen LogP) is 3.10. The maximum atomic E-state index is 12.3. The minimum atomic E-state index is -0.815. The Morgan fingerprint density at radius 1 is 1.17 bits per heavy atom. The zero-order valence-electron chi connectivity index (χ0n) is 16.0. The van der Waals surface area contributed by atoms with Gasteiger partial charge in [0, 0.05) is 18.2 Å². The quantitative estimate of drug-likeness (QED) is 0.415. The third-order valence-electron chi connectivity index (χ3n) is 4.41. The van der Waals surface area contributed by atoms with E-state index in [0.29, 0.717) is 0 Å². The summed E-state index contributed by atoms with van der Waals surface area (Å²) in [5.41, 5.74) is 0.281. The van der Waals surface area contributed by atoms with Gasteiger partial charge >= 0.3 is 5.97 Å². The molecule has 2 aromatic rings. The third-order valence-corrected chi connectivity index (χ3v) is 4.83. The molecule has 2 aromatic carbocycles. The number of esters is 1. The summed E-state index contributed by atoms with van der Waals surface area (Å²) in [7, 11) is 2.53. The first-order chi connectivity index (χ1) is 14.3. The standard InChI is InChI=1S/C20H18ClNO8/c1-28-16-8-15-10(6-11(16)23)22-19(26)14(30-15)5-3-4-9-17(20(27)29-2)12(24)7-13(25)18(9)21/h5-8,23-25H,3-4H2,1-2H3,(H,22,26)/b14-5+. The lowest BCUT2D eigenvalue weighted by Gasteiger charge is -2.21. The van der Waals surface area contributed by atoms with Crippen LogP contribution in [0.4, 0.5) is 5.69 Å². The summed E-state index contributed by atoms with van der Waals surface area (Å²) < 4.78 is 15.3. The molecule has 10 heteroatoms. The normalized spacial score (nSPS) is 14.0. The molecule has 0 saturated heterocycles. The molecule has 0 atom stereocenters. The molecule has 0 aliphatic carbocycles. The van der Waals surface area contributed by atoms with Gasteiger partial charge in [0.1, 0.15) is 17.1 Å². The first-order valence-electron chi connectivity index (χ1n) is 8.68. The number of hydrogen-bond donors (Lipinski definition) is 4. The van der Waals surface area contributed by atoms with Gasteiger partial charge in [-0.05, 0) is 24.5 Å². The number of benzene rings is 2. The van der Waals surface area contributed by atoms with E-state index in [-0.39, 0.29) is 57.7 Å². The van der Waals surface area contributed by atoms with E-state index in [9.17, 15) is 24.9 Å². The molecule has 1 amide bonds. The second-order valence-corrected chi connectivity index (χ2v) is 6.64. The van der Waals surface area contributed by atoms with Crippen molar-refractivity contribution in [2.24, 2.45) is 0 Å². The van der Waals surface area contributed by atoms with Crippen LogP contribution in [-0.4, -0.2) is 41.4 Å². The predicted molar refractivity (Wildman–Crippen MR) is 106 cm³/mol. The van der Waals surface area contributed by atoms with E-state index in [1.807, 2.05) is 0 Å². The number of rotatable bonds is 5. The number of allylic oxidation sites excluding steroid dienone is 1. The number of halogens is 1. The van der Waals surface area contributed by atoms with E-state index in [4.69, 9.17) is 21.1 Å². The molecule has 1 aliphatic rings. The molecule has 3 rings (SSSR count). The van der Waals surface area contributed by atoms with E-state index in [1.54, 1.807) is 0 Å². The van der Waals surface area contributed by atoms with Crippen molar-refractivity contribution in [3.05, 3.63) is 46.2 Å². The van der Waals surface area contributed by atoms with Gasteiger partial charge in [0.25, 0.3) is 5.91 Å². The summed E-state index contributed by atoms with van der Waals surface area (Å²) in [6.07, 6.45) is 1.74. The summed E-state index contributed by atoms with van der Waals surface area (Å²) in [5.74, 6) is -1.94. The molecule has 0 saturated carbocycles. The monoisotopic (exact) mass is 435 g/mol. The number of methoxy groups -OCH3 is 2. The lowest BCUT2D eigenvalue weighted by Crippen LogP contribution is -2.23. The van der Waals surface area contributed by atoms with E-state index in [2.05, 4.69) is 10.1 Å². The average Bonchev–Trinajstić information content (AvgIpc) is 2.71. The van der Waals surface area contributed by atoms with Crippen LogP contribution in [0.15, 0.2) is 30.0 Å². The number of carbonyl (C=O) groups is 2. The molecule has 0 bridgehead atoms. The highest BCUT2D eigenvalue weighted by Gasteiger charge is 2.25. The van der Waals surface area contributed by atoms with Crippen LogP contribution >= 0.6 is 11.6 Å². The lowest BCUT2D eigenvalue weighted by molar-refractivity contribution is -0.115. The Morgan fingerprint density at radius 2 is 1.90 bits per heavy atom. The first-order valence-corrected chi connectivity index (χ1v) is 9.06. The zero-order valence-corrected chi connectivity index (χ0v) is 16.7. The van der Waals surface area contributed by atoms with Crippen molar-refractivity contribution < 1.29 is 39.1 Å². The number of carbonyl (C=O) groups excluding carboxylic acids is 2. The maximum absolute atomic E-state index is 12.3. The van der Waals surface area contributed by atoms with Crippen molar-refractivity contribution in [2.45, 2.75) is 12.8 Å². The molecule has 0 fully saturated rings. The number of fused-ring (bicyclic) bond motifs is 1. The number of anilines is 1. The summed E-state index contributed by atoms with van der Waals surface area (Å²) >= 11 is 6.10. The number of ether oxygens (including phenoxy) is 3. The molecule has 1 aliphatic heterocycles. The Bertz CT molecular complexity index is 1060. The van der Waals surface area contributed by atoms with Crippen molar-refractivity contribution in [3.8, 4) is 28.7 Å². The minimum Gasteiger partial charge on any atom is -0.507 e. The van der Waals surface area contributed by atoms with Gasteiger partial charge in [-0.1, -0.05) is 11.6 Å². The van der Waals surface area contributed by atoms with Gasteiger partial charge in [0.05, 0.1) is 24.9 Å². The van der Waals surface area contributed by atoms with Gasteiger partial charge in [-0.15, -0.1) is 0 Å². The fraction of sp³-hybridized carbons (Fsp3) is 0.200. The number of amides is 1. The van der Waals surface area contributed by atoms with Crippen molar-refractivity contribution in [3.63, 3.8) is 0 Å². The second-order valence-electron chi connectivity index (χ2n) is 6.26. The lowest BCUT2D eigenvalue weighted by atomic mass is 10.0. The molecule has 9 nitrogen and oxygen atoms in total. The van der Waals surface area contributed by atoms with Crippen LogP contribution in [0.2, 0.25) is 5.02 Å². The average molecular weight is 436 g/mol. The minimum absolute atomic E-state index is 0.0182. The van der Waals surface area contributed by atoms with Gasteiger partial charge < -0.3 is 34.8 Å². The third kappa shape index (κ3) is 3.92. The largest absolute Gasteiger partial charge is 0.507 e. The summed E-state index contributed by atoms with van der Waals surface area (Å²) in [6.45, 7) is 0. The molecule has 0 unspecified atom stereocenters. The Kier molecular flexibility index (Phi) is 5.93. The molecule has 30 heavy (non-hydrogen) atoms. The van der Waals surface area contributed by atoms with Crippen LogP contribution in [0.25, 0.3) is 0 Å². The highest BCUT2D eigenvalue weighted by Crippen LogP contribution is 2.41. The van der Waals surface area contributed by atoms with Gasteiger partial charge in [0.15, 0.2) is 23.0 Å². The Hall–Kier alpha value is -3.59. The summed E-state index contributed by atoms with van der Waals surface area (Å²) in [5, 5.41) is 32.2. The fourth-order valence-electron chi connectivity index (χ4n) is 2.97. The number of aromatic hydroxyl groups is 3. The van der Waals surface area contributed by atoms with Gasteiger partial charge in [-0.3, -0.25) is 4.79 Å². The SMILES string of the molecule is COC(=O)c1c(O)cc(O)c(Cl)c1CC/C=C1/Oc2cc(OC)c(O)cc2NC1=O. The first kappa shape index (κ1) is 21.1. The van der Waals surface area contributed by atoms with Crippen LogP contribution in [0.1, 0.15) is 22.3 Å². The summed E-state index contributed by atoms with van der Waals surface area (Å²) in [4.78, 5) is 24.3. The van der Waals surface area contributed by atoms with E-state index in [0.717, 1.165) is 13.2 Å². The highest BCUT2D eigenvalue weighted by molar-refractivity contribution is 6.33. The molecular formula is C20H18ClNO8. The topological polar surface area (TPSA) is 135 Å². The fourth-order valence-corrected chi connectivity index (χ4v) is 3.22. The van der Waals surface area contributed by atoms with Crippen LogP contribution in [-0.2, 0) is 16.0 Å². The molecular weight excluding hydrogens is 418 g/mol. The Labute approximate surface area is 176 Å². The van der Waals surface area contributed by atoms with Crippen LogP contribution < -0.4 is 14.8 Å². The molecule has 0 spiro atoms. The van der Waals surface area contributed by atoms with Crippen molar-refractivity contribution in [1.82, 2.24) is 0 Å². The highest BCUT2D eigenvalue weighted by atomic mass is 35.5. The van der Waals surface area contributed by atoms with Crippen molar-refractivity contribution in [1.29, 1.82) is 0 Å². The van der Waals surface area contributed by atoms with Gasteiger partial charge in [-0.2, -0.15) is 0 Å². The number of phenolic OH excluding ortho intramolecular Hbond substituents is 3. The molecule has 0 aromatic heterocycles. The van der Waals surface area contributed by atoms with Crippen molar-refractivity contribution >= 4 is 29.2 Å². The molecule has 0 radical (unpaired) electrons. The van der Waals surface area contributed by atoms with Gasteiger partial charge in [0.2, 0.25) is 0 Å². The van der Waals surface area contributed by atoms with Gasteiger partial charge in [-0.25, -0.2) is 4.79 Å².